The standard InChI is InChI=1S/C21H17N3O3S.C20H16N4O3S/c25-21(17-8-9-18-13-22-15-24(18)14-17)23-12-16-6-10-20(11-7-16)28(26,27)19-4-2-1-3-5-19;25-20(18-14-24-11-10-21-19(24)13-22-18)23-12-15-6-8-17(9-7-15)28(26,27)16-4-2-1-3-5-16/h1-11,13-15H,12H2,(H,23,25);1-11,13-14H,12H2,(H,23,25). The van der Waals surface area contributed by atoms with Crippen LogP contribution < -0.4 is 10.6 Å². The van der Waals surface area contributed by atoms with Crippen LogP contribution in [0.25, 0.3) is 11.2 Å². The molecule has 0 bridgehead atoms. The first-order valence-corrected chi connectivity index (χ1v) is 20.1. The van der Waals surface area contributed by atoms with E-state index in [0.29, 0.717) is 17.8 Å². The van der Waals surface area contributed by atoms with Crippen LogP contribution in [-0.2, 0) is 32.8 Å². The number of rotatable bonds is 10. The summed E-state index contributed by atoms with van der Waals surface area (Å²) in [5.41, 5.74) is 3.95. The molecule has 0 atom stereocenters. The summed E-state index contributed by atoms with van der Waals surface area (Å²) in [6.07, 6.45) is 11.6. The molecule has 280 valence electrons. The molecule has 4 aromatic heterocycles. The number of nitrogens with zero attached hydrogens (tertiary/aromatic N) is 5. The lowest BCUT2D eigenvalue weighted by Gasteiger charge is -2.08. The van der Waals surface area contributed by atoms with Crippen LogP contribution in [0.2, 0.25) is 0 Å². The lowest BCUT2D eigenvalue weighted by Crippen LogP contribution is -2.24. The summed E-state index contributed by atoms with van der Waals surface area (Å²) in [5, 5.41) is 5.62. The monoisotopic (exact) mass is 783 g/mol. The summed E-state index contributed by atoms with van der Waals surface area (Å²) < 4.78 is 53.9. The predicted octanol–water partition coefficient (Wildman–Crippen LogP) is 5.59. The number of pyridine rings is 1. The van der Waals surface area contributed by atoms with Crippen LogP contribution in [0.5, 0.6) is 0 Å². The first-order chi connectivity index (χ1) is 27.1. The molecule has 4 aromatic carbocycles. The van der Waals surface area contributed by atoms with Gasteiger partial charge in [0.2, 0.25) is 19.7 Å². The van der Waals surface area contributed by atoms with Crippen molar-refractivity contribution in [2.75, 3.05) is 0 Å². The van der Waals surface area contributed by atoms with E-state index in [9.17, 15) is 26.4 Å². The third-order valence-corrected chi connectivity index (χ3v) is 12.2. The van der Waals surface area contributed by atoms with Crippen molar-refractivity contribution >= 4 is 42.7 Å². The van der Waals surface area contributed by atoms with E-state index in [1.165, 1.54) is 6.20 Å². The zero-order chi connectivity index (χ0) is 39.1. The van der Waals surface area contributed by atoms with Gasteiger partial charge < -0.3 is 19.4 Å². The molecule has 0 spiro atoms. The zero-order valence-electron chi connectivity index (χ0n) is 29.5. The van der Waals surface area contributed by atoms with Crippen molar-refractivity contribution in [3.63, 3.8) is 0 Å². The van der Waals surface area contributed by atoms with E-state index < -0.39 is 19.7 Å². The van der Waals surface area contributed by atoms with Gasteiger partial charge in [0.15, 0.2) is 5.65 Å². The Morgan fingerprint density at radius 1 is 0.554 bits per heavy atom. The molecule has 8 aromatic rings. The first kappa shape index (κ1) is 37.3. The molecule has 0 aliphatic carbocycles. The maximum absolute atomic E-state index is 12.6. The van der Waals surface area contributed by atoms with Gasteiger partial charge in [-0.15, -0.1) is 0 Å². The average Bonchev–Trinajstić information content (AvgIpc) is 3.92. The Kier molecular flexibility index (Phi) is 10.8. The van der Waals surface area contributed by atoms with E-state index in [-0.39, 0.29) is 43.6 Å². The van der Waals surface area contributed by atoms with Gasteiger partial charge in [-0.1, -0.05) is 60.7 Å². The summed E-state index contributed by atoms with van der Waals surface area (Å²) in [5.74, 6) is -0.534. The number of benzene rings is 4. The van der Waals surface area contributed by atoms with Gasteiger partial charge in [-0.2, -0.15) is 0 Å². The van der Waals surface area contributed by atoms with Crippen molar-refractivity contribution in [1.82, 2.24) is 34.4 Å². The van der Waals surface area contributed by atoms with E-state index in [0.717, 1.165) is 16.6 Å². The molecule has 0 saturated carbocycles. The molecule has 0 fully saturated rings. The Morgan fingerprint density at radius 3 is 1.66 bits per heavy atom. The van der Waals surface area contributed by atoms with Crippen LogP contribution in [0.15, 0.2) is 184 Å². The van der Waals surface area contributed by atoms with Gasteiger partial charge in [-0.05, 0) is 71.8 Å². The maximum atomic E-state index is 12.6. The third kappa shape index (κ3) is 8.38. The summed E-state index contributed by atoms with van der Waals surface area (Å²) in [7, 11) is -7.09. The SMILES string of the molecule is O=C(NCc1ccc(S(=O)(=O)c2ccccc2)cc1)c1ccc2cncn2c1.O=C(NCc1ccc(S(=O)(=O)c2ccccc2)cc1)c1cn2ccnc2cn1. The number of imidazole rings is 2. The third-order valence-electron chi connectivity index (χ3n) is 8.66. The molecule has 8 rings (SSSR count). The molecule has 56 heavy (non-hydrogen) atoms. The van der Waals surface area contributed by atoms with Crippen molar-refractivity contribution < 1.29 is 26.4 Å². The molecular weight excluding hydrogens is 751 g/mol. The first-order valence-electron chi connectivity index (χ1n) is 17.1. The zero-order valence-corrected chi connectivity index (χ0v) is 31.1. The van der Waals surface area contributed by atoms with Gasteiger partial charge in [0.25, 0.3) is 11.8 Å². The second-order valence-corrected chi connectivity index (χ2v) is 16.3. The van der Waals surface area contributed by atoms with E-state index in [1.54, 1.807) is 161 Å². The molecular formula is C41H33N7O6S2. The number of amides is 2. The summed E-state index contributed by atoms with van der Waals surface area (Å²) in [6, 6.07) is 33.1. The largest absolute Gasteiger partial charge is 0.348 e. The predicted molar refractivity (Wildman–Crippen MR) is 207 cm³/mol. The van der Waals surface area contributed by atoms with Gasteiger partial charge in [0.05, 0.1) is 49.4 Å². The molecule has 0 aliphatic rings. The quantitative estimate of drug-likeness (QED) is 0.179. The lowest BCUT2D eigenvalue weighted by molar-refractivity contribution is 0.0939. The average molecular weight is 784 g/mol. The van der Waals surface area contributed by atoms with Gasteiger partial charge in [-0.3, -0.25) is 9.59 Å². The number of carbonyl (C=O) groups excluding carboxylic acids is 2. The van der Waals surface area contributed by atoms with E-state index >= 15 is 0 Å². The van der Waals surface area contributed by atoms with Gasteiger partial charge in [0, 0.05) is 37.9 Å². The fraction of sp³-hybridized carbons (Fsp3) is 0.0488. The van der Waals surface area contributed by atoms with E-state index in [4.69, 9.17) is 0 Å². The summed E-state index contributed by atoms with van der Waals surface area (Å²) in [4.78, 5) is 37.8. The molecule has 0 saturated heterocycles. The second-order valence-electron chi connectivity index (χ2n) is 12.4. The molecule has 2 amide bonds. The minimum absolute atomic E-state index is 0.209. The Hall–Kier alpha value is -6.97. The van der Waals surface area contributed by atoms with E-state index in [2.05, 4.69) is 25.6 Å². The molecule has 0 radical (unpaired) electrons. The van der Waals surface area contributed by atoms with Crippen LogP contribution in [0.3, 0.4) is 0 Å². The Bertz CT molecular complexity index is 2660. The second kappa shape index (κ2) is 16.2. The fourth-order valence-electron chi connectivity index (χ4n) is 5.60. The van der Waals surface area contributed by atoms with Crippen LogP contribution >= 0.6 is 0 Å². The van der Waals surface area contributed by atoms with Crippen molar-refractivity contribution in [2.24, 2.45) is 0 Å². The molecule has 15 heteroatoms. The highest BCUT2D eigenvalue weighted by Gasteiger charge is 2.18. The topological polar surface area (TPSA) is 174 Å². The lowest BCUT2D eigenvalue weighted by atomic mass is 10.2. The molecule has 0 unspecified atom stereocenters. The Balaban J connectivity index is 0.000000172. The number of hydrogen-bond donors (Lipinski definition) is 2. The van der Waals surface area contributed by atoms with Crippen molar-refractivity contribution in [3.05, 3.63) is 187 Å². The highest BCUT2D eigenvalue weighted by atomic mass is 32.2. The van der Waals surface area contributed by atoms with Crippen LogP contribution in [-0.4, -0.2) is 52.4 Å². The Morgan fingerprint density at radius 2 is 1.09 bits per heavy atom. The minimum Gasteiger partial charge on any atom is -0.348 e. The molecule has 13 nitrogen and oxygen atoms in total. The van der Waals surface area contributed by atoms with Crippen LogP contribution in [0.4, 0.5) is 0 Å². The Labute approximate surface area is 322 Å². The number of fused-ring (bicyclic) bond motifs is 2. The van der Waals surface area contributed by atoms with Crippen LogP contribution in [0.1, 0.15) is 32.0 Å². The highest BCUT2D eigenvalue weighted by Crippen LogP contribution is 2.22. The van der Waals surface area contributed by atoms with Crippen molar-refractivity contribution in [2.45, 2.75) is 32.7 Å². The fourth-order valence-corrected chi connectivity index (χ4v) is 8.16. The minimum atomic E-state index is -3.55. The number of hydrogen-bond acceptors (Lipinski definition) is 9. The molecule has 4 heterocycles. The number of nitrogens with one attached hydrogen (secondary N) is 2. The van der Waals surface area contributed by atoms with Gasteiger partial charge in [-0.25, -0.2) is 31.8 Å². The van der Waals surface area contributed by atoms with Crippen molar-refractivity contribution in [3.8, 4) is 0 Å². The normalized spacial score (nSPS) is 11.4. The summed E-state index contributed by atoms with van der Waals surface area (Å²) in [6.45, 7) is 0.556. The maximum Gasteiger partial charge on any atom is 0.271 e. The van der Waals surface area contributed by atoms with Gasteiger partial charge in [0.1, 0.15) is 5.69 Å². The highest BCUT2D eigenvalue weighted by molar-refractivity contribution is 7.91. The van der Waals surface area contributed by atoms with Gasteiger partial charge >= 0.3 is 0 Å². The summed E-state index contributed by atoms with van der Waals surface area (Å²) >= 11 is 0. The smallest absolute Gasteiger partial charge is 0.271 e. The number of carbonyl (C=O) groups is 2. The molecule has 2 N–H and O–H groups in total. The van der Waals surface area contributed by atoms with Crippen LogP contribution in [0, 0.1) is 0 Å². The van der Waals surface area contributed by atoms with E-state index in [1.807, 2.05) is 6.07 Å². The van der Waals surface area contributed by atoms with Crippen molar-refractivity contribution in [1.29, 1.82) is 0 Å². The number of sulfone groups is 2. The molecule has 0 aliphatic heterocycles. The number of aromatic nitrogens is 5.